The van der Waals surface area contributed by atoms with Crippen LogP contribution in [0.1, 0.15) is 33.6 Å². The Balaban J connectivity index is 2.75. The fraction of sp³-hybridized carbons (Fsp3) is 1.00. The first-order valence-electron chi connectivity index (χ1n) is 5.30. The second-order valence-corrected chi connectivity index (χ2v) is 6.87. The molecule has 0 spiro atoms. The van der Waals surface area contributed by atoms with Crippen LogP contribution in [0, 0.1) is 0 Å². The quantitative estimate of drug-likeness (QED) is 0.718. The van der Waals surface area contributed by atoms with Gasteiger partial charge in [0, 0.05) is 24.9 Å². The average molecular weight is 219 g/mol. The summed E-state index contributed by atoms with van der Waals surface area (Å²) in [5.74, 6) is 0. The number of rotatable bonds is 3. The molecule has 4 heteroatoms. The van der Waals surface area contributed by atoms with Crippen LogP contribution in [-0.4, -0.2) is 43.5 Å². The molecule has 0 aromatic rings. The summed E-state index contributed by atoms with van der Waals surface area (Å²) in [6.45, 7) is 7.11. The van der Waals surface area contributed by atoms with Crippen molar-refractivity contribution in [2.24, 2.45) is 0 Å². The molecule has 1 rings (SSSR count). The molecule has 0 saturated carbocycles. The summed E-state index contributed by atoms with van der Waals surface area (Å²) in [5, 5.41) is -0.144. The molecule has 0 amide bonds. The van der Waals surface area contributed by atoms with Crippen LogP contribution in [0.4, 0.5) is 0 Å². The van der Waals surface area contributed by atoms with E-state index < -0.39 is 9.84 Å². The van der Waals surface area contributed by atoms with Crippen LogP contribution in [0.2, 0.25) is 0 Å². The summed E-state index contributed by atoms with van der Waals surface area (Å²) in [6.07, 6.45) is 3.21. The van der Waals surface area contributed by atoms with E-state index in [1.807, 2.05) is 0 Å². The predicted octanol–water partition coefficient (Wildman–Crippen LogP) is 1.29. The molecule has 0 aromatic heterocycles. The van der Waals surface area contributed by atoms with Crippen molar-refractivity contribution in [3.05, 3.63) is 0 Å². The number of sulfone groups is 1. The monoisotopic (exact) mass is 219 g/mol. The van der Waals surface area contributed by atoms with E-state index in [1.54, 1.807) is 0 Å². The van der Waals surface area contributed by atoms with Gasteiger partial charge in [-0.2, -0.15) is 0 Å². The highest BCUT2D eigenvalue weighted by Gasteiger charge is 2.37. The second-order valence-electron chi connectivity index (χ2n) is 4.54. The zero-order valence-corrected chi connectivity index (χ0v) is 10.3. The minimum absolute atomic E-state index is 0.144. The summed E-state index contributed by atoms with van der Waals surface area (Å²) in [5.41, 5.74) is 0. The lowest BCUT2D eigenvalue weighted by Crippen LogP contribution is -2.36. The van der Waals surface area contributed by atoms with Gasteiger partial charge in [0.25, 0.3) is 0 Å². The lowest BCUT2D eigenvalue weighted by molar-refractivity contribution is 0.199. The molecule has 0 aliphatic carbocycles. The van der Waals surface area contributed by atoms with Gasteiger partial charge in [0.05, 0.1) is 5.25 Å². The van der Waals surface area contributed by atoms with Crippen LogP contribution in [-0.2, 0) is 9.84 Å². The fourth-order valence-corrected chi connectivity index (χ4v) is 3.26. The van der Waals surface area contributed by atoms with Gasteiger partial charge in [-0.15, -0.1) is 0 Å². The van der Waals surface area contributed by atoms with Crippen molar-refractivity contribution in [3.8, 4) is 0 Å². The third-order valence-corrected chi connectivity index (χ3v) is 4.71. The summed E-state index contributed by atoms with van der Waals surface area (Å²) >= 11 is 0. The Morgan fingerprint density at radius 2 is 2.00 bits per heavy atom. The van der Waals surface area contributed by atoms with Crippen molar-refractivity contribution in [2.75, 3.05) is 12.8 Å². The highest BCUT2D eigenvalue weighted by Crippen LogP contribution is 2.26. The molecule has 84 valence electrons. The van der Waals surface area contributed by atoms with E-state index in [-0.39, 0.29) is 5.25 Å². The van der Waals surface area contributed by atoms with Crippen molar-refractivity contribution < 1.29 is 8.42 Å². The smallest absolute Gasteiger partial charge is 0.151 e. The van der Waals surface area contributed by atoms with Crippen molar-refractivity contribution >= 4 is 9.84 Å². The van der Waals surface area contributed by atoms with E-state index in [4.69, 9.17) is 0 Å². The Bertz CT molecular complexity index is 284. The van der Waals surface area contributed by atoms with Crippen molar-refractivity contribution in [3.63, 3.8) is 0 Å². The van der Waals surface area contributed by atoms with E-state index in [0.29, 0.717) is 12.1 Å². The highest BCUT2D eigenvalue weighted by molar-refractivity contribution is 7.91. The molecule has 14 heavy (non-hydrogen) atoms. The van der Waals surface area contributed by atoms with Gasteiger partial charge in [0.15, 0.2) is 9.84 Å². The standard InChI is InChI=1S/C10H21NO2S/c1-5-9-6-10(14(4,12)13)7-11(9)8(2)3/h8-10H,5-7H2,1-4H3/t9-,10?/m1/s1. The first-order chi connectivity index (χ1) is 6.36. The first kappa shape index (κ1) is 12.0. The van der Waals surface area contributed by atoms with Crippen LogP contribution in [0.25, 0.3) is 0 Å². The van der Waals surface area contributed by atoms with E-state index >= 15 is 0 Å². The summed E-state index contributed by atoms with van der Waals surface area (Å²) < 4.78 is 22.9. The molecular formula is C10H21NO2S. The molecule has 1 aliphatic heterocycles. The Morgan fingerprint density at radius 1 is 1.43 bits per heavy atom. The number of hydrogen-bond donors (Lipinski definition) is 0. The predicted molar refractivity (Wildman–Crippen MR) is 59.2 cm³/mol. The second kappa shape index (κ2) is 4.19. The van der Waals surface area contributed by atoms with Crippen molar-refractivity contribution in [1.82, 2.24) is 4.90 Å². The molecule has 0 aromatic carbocycles. The molecular weight excluding hydrogens is 198 g/mol. The van der Waals surface area contributed by atoms with Crippen LogP contribution in [0.15, 0.2) is 0 Å². The van der Waals surface area contributed by atoms with Gasteiger partial charge in [0.2, 0.25) is 0 Å². The highest BCUT2D eigenvalue weighted by atomic mass is 32.2. The van der Waals surface area contributed by atoms with E-state index in [0.717, 1.165) is 19.4 Å². The van der Waals surface area contributed by atoms with Crippen LogP contribution in [0.5, 0.6) is 0 Å². The van der Waals surface area contributed by atoms with Gasteiger partial charge in [-0.3, -0.25) is 4.90 Å². The molecule has 2 atom stereocenters. The van der Waals surface area contributed by atoms with Gasteiger partial charge in [-0.1, -0.05) is 6.92 Å². The van der Waals surface area contributed by atoms with Gasteiger partial charge in [-0.25, -0.2) is 8.42 Å². The van der Waals surface area contributed by atoms with Gasteiger partial charge >= 0.3 is 0 Å². The molecule has 0 N–H and O–H groups in total. The van der Waals surface area contributed by atoms with Crippen LogP contribution >= 0.6 is 0 Å². The average Bonchev–Trinajstić information content (AvgIpc) is 2.45. The third-order valence-electron chi connectivity index (χ3n) is 3.16. The zero-order valence-electron chi connectivity index (χ0n) is 9.53. The fourth-order valence-electron chi connectivity index (χ4n) is 2.24. The molecule has 0 radical (unpaired) electrons. The van der Waals surface area contributed by atoms with Crippen molar-refractivity contribution in [1.29, 1.82) is 0 Å². The Morgan fingerprint density at radius 3 is 2.29 bits per heavy atom. The van der Waals surface area contributed by atoms with E-state index in [2.05, 4.69) is 25.7 Å². The number of likely N-dealkylation sites (tertiary alicyclic amines) is 1. The lowest BCUT2D eigenvalue weighted by atomic mass is 10.1. The van der Waals surface area contributed by atoms with Gasteiger partial charge in [0.1, 0.15) is 0 Å². The topological polar surface area (TPSA) is 37.4 Å². The Hall–Kier alpha value is -0.0900. The molecule has 1 fully saturated rings. The minimum atomic E-state index is -2.85. The lowest BCUT2D eigenvalue weighted by Gasteiger charge is -2.27. The number of hydrogen-bond acceptors (Lipinski definition) is 3. The molecule has 0 bridgehead atoms. The minimum Gasteiger partial charge on any atom is -0.297 e. The Labute approximate surface area is 87.4 Å². The SMILES string of the molecule is CC[C@@H]1CC(S(C)(=O)=O)CN1C(C)C. The summed E-state index contributed by atoms with van der Waals surface area (Å²) in [6, 6.07) is 0.904. The Kier molecular flexibility index (Phi) is 3.58. The van der Waals surface area contributed by atoms with Crippen LogP contribution < -0.4 is 0 Å². The van der Waals surface area contributed by atoms with Crippen molar-refractivity contribution in [2.45, 2.75) is 50.9 Å². The molecule has 1 aliphatic rings. The maximum absolute atomic E-state index is 11.4. The molecule has 1 saturated heterocycles. The maximum atomic E-state index is 11.4. The third kappa shape index (κ3) is 2.48. The summed E-state index contributed by atoms with van der Waals surface area (Å²) in [4.78, 5) is 2.31. The molecule has 3 nitrogen and oxygen atoms in total. The largest absolute Gasteiger partial charge is 0.297 e. The van der Waals surface area contributed by atoms with Gasteiger partial charge < -0.3 is 0 Å². The van der Waals surface area contributed by atoms with Gasteiger partial charge in [-0.05, 0) is 26.7 Å². The van der Waals surface area contributed by atoms with Crippen LogP contribution in [0.3, 0.4) is 0 Å². The molecule has 1 unspecified atom stereocenters. The summed E-state index contributed by atoms with van der Waals surface area (Å²) in [7, 11) is -2.85. The van der Waals surface area contributed by atoms with E-state index in [1.165, 1.54) is 6.26 Å². The van der Waals surface area contributed by atoms with E-state index in [9.17, 15) is 8.42 Å². The first-order valence-corrected chi connectivity index (χ1v) is 7.26. The maximum Gasteiger partial charge on any atom is 0.151 e. The number of nitrogens with zero attached hydrogens (tertiary/aromatic N) is 1. The molecule has 1 heterocycles. The zero-order chi connectivity index (χ0) is 10.9. The normalized spacial score (nSPS) is 30.1.